The lowest BCUT2D eigenvalue weighted by molar-refractivity contribution is -0.132. The fourth-order valence-electron chi connectivity index (χ4n) is 3.87. The molecule has 162 valence electrons. The van der Waals surface area contributed by atoms with Gasteiger partial charge in [0.25, 0.3) is 0 Å². The molecule has 1 saturated heterocycles. The molecule has 0 unspecified atom stereocenters. The number of carbonyl (C=O) groups is 1. The average molecular weight is 440 g/mol. The number of hydrogen-bond acceptors (Lipinski definition) is 6. The quantitative estimate of drug-likeness (QED) is 0.531. The third-order valence-electron chi connectivity index (χ3n) is 5.46. The number of amides is 1. The van der Waals surface area contributed by atoms with Crippen molar-refractivity contribution in [2.24, 2.45) is 0 Å². The number of carbonyl (C=O) groups excluding carboxylic acids is 1. The molecule has 0 spiro atoms. The third kappa shape index (κ3) is 5.44. The standard InChI is InChI=1S/C23H26FN5OS/c1-2-21-27-28-23(31-21)26-20-9-4-7-18(25-20)19-8-5-15-29(19)22(30)10-3-6-16-11-13-17(24)14-12-16/h4,7,9,11-14,19H,2-3,5-6,8,10,15H2,1H3,(H,25,26,28)/t19-/m1/s1. The van der Waals surface area contributed by atoms with Crippen molar-refractivity contribution in [3.8, 4) is 0 Å². The number of hydrogen-bond donors (Lipinski definition) is 1. The summed E-state index contributed by atoms with van der Waals surface area (Å²) in [6.45, 7) is 2.81. The SMILES string of the molecule is CCc1nnc(Nc2cccc([C@H]3CCCN3C(=O)CCCc3ccc(F)cc3)n2)s1. The predicted octanol–water partition coefficient (Wildman–Crippen LogP) is 5.06. The van der Waals surface area contributed by atoms with Gasteiger partial charge in [-0.2, -0.15) is 0 Å². The van der Waals surface area contributed by atoms with Crippen LogP contribution in [0.4, 0.5) is 15.3 Å². The Morgan fingerprint density at radius 2 is 2.06 bits per heavy atom. The van der Waals surface area contributed by atoms with Gasteiger partial charge in [-0.15, -0.1) is 10.2 Å². The summed E-state index contributed by atoms with van der Waals surface area (Å²) in [6.07, 6.45) is 4.75. The molecule has 0 saturated carbocycles. The summed E-state index contributed by atoms with van der Waals surface area (Å²) in [5.41, 5.74) is 1.95. The van der Waals surface area contributed by atoms with Crippen LogP contribution < -0.4 is 5.32 Å². The molecular weight excluding hydrogens is 413 g/mol. The molecule has 1 fully saturated rings. The smallest absolute Gasteiger partial charge is 0.223 e. The van der Waals surface area contributed by atoms with E-state index >= 15 is 0 Å². The van der Waals surface area contributed by atoms with Crippen LogP contribution in [0.5, 0.6) is 0 Å². The van der Waals surface area contributed by atoms with Crippen LogP contribution in [-0.2, 0) is 17.6 Å². The number of aryl methyl sites for hydroxylation is 2. The Bertz CT molecular complexity index is 1020. The summed E-state index contributed by atoms with van der Waals surface area (Å²) in [5.74, 6) is 0.634. The van der Waals surface area contributed by atoms with Crippen molar-refractivity contribution in [1.82, 2.24) is 20.1 Å². The first-order valence-electron chi connectivity index (χ1n) is 10.7. The van der Waals surface area contributed by atoms with Crippen molar-refractivity contribution in [2.75, 3.05) is 11.9 Å². The van der Waals surface area contributed by atoms with Crippen LogP contribution in [0.2, 0.25) is 0 Å². The number of pyridine rings is 1. The lowest BCUT2D eigenvalue weighted by atomic mass is 10.1. The number of nitrogens with one attached hydrogen (secondary N) is 1. The molecule has 1 aliphatic heterocycles. The van der Waals surface area contributed by atoms with E-state index in [1.807, 2.05) is 23.1 Å². The van der Waals surface area contributed by atoms with Crippen molar-refractivity contribution >= 4 is 28.2 Å². The number of likely N-dealkylation sites (tertiary alicyclic amines) is 1. The van der Waals surface area contributed by atoms with E-state index in [0.717, 1.165) is 60.0 Å². The Kier molecular flexibility index (Phi) is 6.86. The van der Waals surface area contributed by atoms with Crippen molar-refractivity contribution in [1.29, 1.82) is 0 Å². The second-order valence-electron chi connectivity index (χ2n) is 7.65. The first-order chi connectivity index (χ1) is 15.1. The van der Waals surface area contributed by atoms with E-state index in [4.69, 9.17) is 4.98 Å². The Hall–Kier alpha value is -2.87. The minimum Gasteiger partial charge on any atom is -0.334 e. The molecule has 6 nitrogen and oxygen atoms in total. The zero-order valence-electron chi connectivity index (χ0n) is 17.6. The fraction of sp³-hybridized carbons (Fsp3) is 0.391. The van der Waals surface area contributed by atoms with Crippen LogP contribution in [0.1, 0.15) is 54.9 Å². The molecule has 1 aliphatic rings. The van der Waals surface area contributed by atoms with Crippen LogP contribution in [0.3, 0.4) is 0 Å². The highest BCUT2D eigenvalue weighted by atomic mass is 32.1. The van der Waals surface area contributed by atoms with Crippen LogP contribution in [-0.4, -0.2) is 32.5 Å². The van der Waals surface area contributed by atoms with E-state index in [1.165, 1.54) is 23.5 Å². The highest BCUT2D eigenvalue weighted by Gasteiger charge is 2.30. The molecule has 0 aliphatic carbocycles. The van der Waals surface area contributed by atoms with Gasteiger partial charge in [0.1, 0.15) is 16.6 Å². The number of nitrogens with zero attached hydrogens (tertiary/aromatic N) is 4. The number of benzene rings is 1. The van der Waals surface area contributed by atoms with Crippen molar-refractivity contribution in [3.63, 3.8) is 0 Å². The fourth-order valence-corrected chi connectivity index (χ4v) is 4.56. The summed E-state index contributed by atoms with van der Waals surface area (Å²) in [7, 11) is 0. The minimum absolute atomic E-state index is 0.000642. The number of halogens is 1. The maximum atomic E-state index is 13.0. The van der Waals surface area contributed by atoms with E-state index in [9.17, 15) is 9.18 Å². The summed E-state index contributed by atoms with van der Waals surface area (Å²) in [5, 5.41) is 13.2. The summed E-state index contributed by atoms with van der Waals surface area (Å²) < 4.78 is 13.0. The van der Waals surface area contributed by atoms with Gasteiger partial charge in [0.05, 0.1) is 11.7 Å². The molecule has 0 bridgehead atoms. The molecule has 4 rings (SSSR count). The highest BCUT2D eigenvalue weighted by Crippen LogP contribution is 2.32. The number of aromatic nitrogens is 3. The topological polar surface area (TPSA) is 71.0 Å². The van der Waals surface area contributed by atoms with Gasteiger partial charge in [-0.1, -0.05) is 36.5 Å². The average Bonchev–Trinajstić information content (AvgIpc) is 3.45. The molecule has 1 aromatic carbocycles. The third-order valence-corrected chi connectivity index (χ3v) is 6.44. The molecule has 1 N–H and O–H groups in total. The molecule has 2 aromatic heterocycles. The van der Waals surface area contributed by atoms with Gasteiger partial charge in [-0.3, -0.25) is 4.79 Å². The molecule has 8 heteroatoms. The van der Waals surface area contributed by atoms with Crippen molar-refractivity contribution in [3.05, 3.63) is 64.5 Å². The van der Waals surface area contributed by atoms with E-state index in [0.29, 0.717) is 12.2 Å². The Balaban J connectivity index is 1.37. The molecule has 3 aromatic rings. The van der Waals surface area contributed by atoms with Gasteiger partial charge in [-0.25, -0.2) is 9.37 Å². The van der Waals surface area contributed by atoms with Gasteiger partial charge in [0.2, 0.25) is 11.0 Å². The number of rotatable bonds is 8. The van der Waals surface area contributed by atoms with Crippen LogP contribution >= 0.6 is 11.3 Å². The minimum atomic E-state index is -0.235. The summed E-state index contributed by atoms with van der Waals surface area (Å²) >= 11 is 1.52. The summed E-state index contributed by atoms with van der Waals surface area (Å²) in [4.78, 5) is 19.6. The Labute approximate surface area is 185 Å². The lowest BCUT2D eigenvalue weighted by Gasteiger charge is -2.24. The van der Waals surface area contributed by atoms with Crippen molar-refractivity contribution in [2.45, 2.75) is 51.5 Å². The van der Waals surface area contributed by atoms with Crippen LogP contribution in [0.15, 0.2) is 42.5 Å². The van der Waals surface area contributed by atoms with Gasteiger partial charge in [0.15, 0.2) is 0 Å². The Morgan fingerprint density at radius 1 is 1.23 bits per heavy atom. The monoisotopic (exact) mass is 439 g/mol. The largest absolute Gasteiger partial charge is 0.334 e. The van der Waals surface area contributed by atoms with Crippen LogP contribution in [0.25, 0.3) is 0 Å². The number of anilines is 2. The van der Waals surface area contributed by atoms with E-state index in [1.54, 1.807) is 12.1 Å². The molecule has 31 heavy (non-hydrogen) atoms. The summed E-state index contributed by atoms with van der Waals surface area (Å²) in [6, 6.07) is 12.3. The zero-order chi connectivity index (χ0) is 21.6. The van der Waals surface area contributed by atoms with Crippen LogP contribution in [0, 0.1) is 5.82 Å². The first-order valence-corrected chi connectivity index (χ1v) is 11.5. The van der Waals surface area contributed by atoms with Gasteiger partial charge >= 0.3 is 0 Å². The van der Waals surface area contributed by atoms with E-state index in [2.05, 4.69) is 22.4 Å². The van der Waals surface area contributed by atoms with E-state index < -0.39 is 0 Å². The van der Waals surface area contributed by atoms with E-state index in [-0.39, 0.29) is 17.8 Å². The maximum absolute atomic E-state index is 13.0. The maximum Gasteiger partial charge on any atom is 0.223 e. The molecular formula is C23H26FN5OS. The second-order valence-corrected chi connectivity index (χ2v) is 8.71. The molecule has 1 amide bonds. The molecule has 0 radical (unpaired) electrons. The first kappa shape index (κ1) is 21.4. The Morgan fingerprint density at radius 3 is 2.84 bits per heavy atom. The molecule has 3 heterocycles. The second kappa shape index (κ2) is 9.96. The van der Waals surface area contributed by atoms with Gasteiger partial charge < -0.3 is 10.2 Å². The molecule has 1 atom stereocenters. The van der Waals surface area contributed by atoms with Crippen molar-refractivity contribution < 1.29 is 9.18 Å². The zero-order valence-corrected chi connectivity index (χ0v) is 18.4. The highest BCUT2D eigenvalue weighted by molar-refractivity contribution is 7.15. The predicted molar refractivity (Wildman–Crippen MR) is 120 cm³/mol. The van der Waals surface area contributed by atoms with Gasteiger partial charge in [0, 0.05) is 13.0 Å². The van der Waals surface area contributed by atoms with Gasteiger partial charge in [-0.05, 0) is 61.9 Å². The lowest BCUT2D eigenvalue weighted by Crippen LogP contribution is -2.30. The normalized spacial score (nSPS) is 15.9.